The van der Waals surface area contributed by atoms with Crippen molar-refractivity contribution in [2.24, 2.45) is 5.92 Å². The summed E-state index contributed by atoms with van der Waals surface area (Å²) >= 11 is 6.08. The molecule has 104 valence electrons. The van der Waals surface area contributed by atoms with Crippen LogP contribution in [0.3, 0.4) is 0 Å². The third-order valence-corrected chi connectivity index (χ3v) is 3.69. The molecular weight excluding hydrogens is 268 g/mol. The maximum Gasteiger partial charge on any atom is 0.292 e. The monoisotopic (exact) mass is 284 g/mol. The van der Waals surface area contributed by atoms with Gasteiger partial charge in [0.25, 0.3) is 5.56 Å². The minimum absolute atomic E-state index is 0.147. The van der Waals surface area contributed by atoms with E-state index in [2.05, 4.69) is 10.5 Å². The fourth-order valence-corrected chi connectivity index (χ4v) is 2.24. The molecule has 1 saturated heterocycles. The molecule has 2 aliphatic rings. The molecule has 0 atom stereocenters. The minimum Gasteiger partial charge on any atom is -0.379 e. The van der Waals surface area contributed by atoms with Crippen LogP contribution in [0.5, 0.6) is 0 Å². The van der Waals surface area contributed by atoms with Crippen molar-refractivity contribution in [3.05, 3.63) is 21.6 Å². The summed E-state index contributed by atoms with van der Waals surface area (Å²) < 4.78 is 6.78. The summed E-state index contributed by atoms with van der Waals surface area (Å²) in [5.41, 5.74) is 3.37. The Bertz CT molecular complexity index is 509. The predicted octanol–water partition coefficient (Wildman–Crippen LogP) is 0.966. The summed E-state index contributed by atoms with van der Waals surface area (Å²) in [7, 11) is 0. The lowest BCUT2D eigenvalue weighted by atomic mass is 10.4. The molecule has 7 heteroatoms. The van der Waals surface area contributed by atoms with Crippen LogP contribution in [0.4, 0.5) is 5.69 Å². The third kappa shape index (κ3) is 3.08. The molecule has 1 aliphatic carbocycles. The van der Waals surface area contributed by atoms with Crippen molar-refractivity contribution in [3.8, 4) is 0 Å². The topological polar surface area (TPSA) is 59.4 Å². The van der Waals surface area contributed by atoms with Gasteiger partial charge in [0.1, 0.15) is 5.69 Å². The Kier molecular flexibility index (Phi) is 3.72. The summed E-state index contributed by atoms with van der Waals surface area (Å²) in [5, 5.41) is 6.42. The zero-order chi connectivity index (χ0) is 13.2. The second kappa shape index (κ2) is 5.48. The number of nitrogens with zero attached hydrogens (tertiary/aromatic N) is 3. The molecule has 19 heavy (non-hydrogen) atoms. The van der Waals surface area contributed by atoms with Crippen LogP contribution >= 0.6 is 11.6 Å². The second-order valence-electron chi connectivity index (χ2n) is 5.01. The molecule has 2 heterocycles. The lowest BCUT2D eigenvalue weighted by Gasteiger charge is -2.28. The molecule has 1 aliphatic heterocycles. The smallest absolute Gasteiger partial charge is 0.292 e. The van der Waals surface area contributed by atoms with Crippen LogP contribution in [-0.2, 0) is 11.3 Å². The average molecular weight is 285 g/mol. The zero-order valence-electron chi connectivity index (χ0n) is 10.6. The van der Waals surface area contributed by atoms with Gasteiger partial charge in [-0.3, -0.25) is 4.79 Å². The molecule has 1 saturated carbocycles. The molecule has 0 aromatic carbocycles. The first-order valence-corrected chi connectivity index (χ1v) is 6.97. The number of rotatable bonds is 4. The number of aromatic nitrogens is 2. The fourth-order valence-electron chi connectivity index (χ4n) is 2.08. The number of halogens is 1. The highest BCUT2D eigenvalue weighted by molar-refractivity contribution is 6.32. The van der Waals surface area contributed by atoms with E-state index in [1.165, 1.54) is 23.7 Å². The molecule has 6 nitrogen and oxygen atoms in total. The number of anilines is 1. The first kappa shape index (κ1) is 12.9. The Morgan fingerprint density at radius 1 is 1.42 bits per heavy atom. The Balaban J connectivity index is 1.79. The lowest BCUT2D eigenvalue weighted by molar-refractivity contribution is 0.0496. The average Bonchev–Trinajstić information content (AvgIpc) is 3.23. The van der Waals surface area contributed by atoms with Gasteiger partial charge in [0.05, 0.1) is 24.4 Å². The van der Waals surface area contributed by atoms with Gasteiger partial charge in [-0.05, 0) is 18.8 Å². The van der Waals surface area contributed by atoms with Gasteiger partial charge >= 0.3 is 0 Å². The van der Waals surface area contributed by atoms with Crippen LogP contribution in [0.25, 0.3) is 0 Å². The molecule has 1 N–H and O–H groups in total. The van der Waals surface area contributed by atoms with E-state index in [9.17, 15) is 4.79 Å². The molecule has 1 aromatic heterocycles. The summed E-state index contributed by atoms with van der Waals surface area (Å²) in [6.07, 6.45) is 3.90. The third-order valence-electron chi connectivity index (χ3n) is 3.41. The van der Waals surface area contributed by atoms with E-state index >= 15 is 0 Å². The molecular formula is C12H17ClN4O2. The van der Waals surface area contributed by atoms with Gasteiger partial charge in [-0.2, -0.15) is 5.10 Å². The van der Waals surface area contributed by atoms with Crippen LogP contribution in [0.2, 0.25) is 5.02 Å². The van der Waals surface area contributed by atoms with Crippen LogP contribution in [-0.4, -0.2) is 41.1 Å². The molecule has 0 spiro atoms. The summed E-state index contributed by atoms with van der Waals surface area (Å²) in [4.78, 5) is 12.3. The normalized spacial score (nSPS) is 20.5. The standard InChI is InChI=1S/C12H17ClN4O2/c13-10-7-14-17(8-9-1-2-9)12(18)11(10)15-16-3-5-19-6-4-16/h7,9,15H,1-6,8H2. The van der Waals surface area contributed by atoms with Gasteiger partial charge in [0.2, 0.25) is 0 Å². The summed E-state index contributed by atoms with van der Waals surface area (Å²) in [6.45, 7) is 3.48. The number of nitrogens with one attached hydrogen (secondary N) is 1. The van der Waals surface area contributed by atoms with E-state index in [-0.39, 0.29) is 5.56 Å². The number of hydrazine groups is 1. The number of morpholine rings is 1. The Morgan fingerprint density at radius 2 is 2.16 bits per heavy atom. The van der Waals surface area contributed by atoms with Crippen LogP contribution in [0.1, 0.15) is 12.8 Å². The first-order chi connectivity index (χ1) is 9.24. The van der Waals surface area contributed by atoms with E-state index in [0.29, 0.717) is 36.4 Å². The first-order valence-electron chi connectivity index (χ1n) is 6.59. The van der Waals surface area contributed by atoms with E-state index in [1.807, 2.05) is 5.01 Å². The maximum absolute atomic E-state index is 12.3. The fraction of sp³-hybridized carbons (Fsp3) is 0.667. The highest BCUT2D eigenvalue weighted by Gasteiger charge is 2.24. The minimum atomic E-state index is -0.147. The van der Waals surface area contributed by atoms with Crippen molar-refractivity contribution in [1.29, 1.82) is 0 Å². The molecule has 2 fully saturated rings. The van der Waals surface area contributed by atoms with Gasteiger partial charge in [-0.1, -0.05) is 11.6 Å². The largest absolute Gasteiger partial charge is 0.379 e. The molecule has 1 aromatic rings. The summed E-state index contributed by atoms with van der Waals surface area (Å²) in [5.74, 6) is 0.600. The SMILES string of the molecule is O=c1c(NN2CCOCC2)c(Cl)cnn1CC1CC1. The van der Waals surface area contributed by atoms with E-state index < -0.39 is 0 Å². The molecule has 3 rings (SSSR count). The van der Waals surface area contributed by atoms with Crippen LogP contribution in [0, 0.1) is 5.92 Å². The quantitative estimate of drug-likeness (QED) is 0.893. The van der Waals surface area contributed by atoms with Crippen molar-refractivity contribution >= 4 is 17.3 Å². The van der Waals surface area contributed by atoms with Crippen molar-refractivity contribution < 1.29 is 4.74 Å². The van der Waals surface area contributed by atoms with Crippen molar-refractivity contribution in [1.82, 2.24) is 14.8 Å². The van der Waals surface area contributed by atoms with Gasteiger partial charge in [-0.15, -0.1) is 0 Å². The highest BCUT2D eigenvalue weighted by atomic mass is 35.5. The van der Waals surface area contributed by atoms with E-state index in [4.69, 9.17) is 16.3 Å². The maximum atomic E-state index is 12.3. The van der Waals surface area contributed by atoms with Crippen LogP contribution in [0.15, 0.2) is 11.0 Å². The van der Waals surface area contributed by atoms with Gasteiger partial charge in [0.15, 0.2) is 0 Å². The molecule has 0 amide bonds. The Morgan fingerprint density at radius 3 is 2.84 bits per heavy atom. The van der Waals surface area contributed by atoms with E-state index in [1.54, 1.807) is 0 Å². The number of ether oxygens (including phenoxy) is 1. The Labute approximate surface area is 116 Å². The summed E-state index contributed by atoms with van der Waals surface area (Å²) in [6, 6.07) is 0. The molecule has 0 radical (unpaired) electrons. The lowest BCUT2D eigenvalue weighted by Crippen LogP contribution is -2.42. The van der Waals surface area contributed by atoms with Crippen LogP contribution < -0.4 is 11.0 Å². The predicted molar refractivity (Wildman–Crippen MR) is 72.2 cm³/mol. The Hall–Kier alpha value is -1.11. The highest BCUT2D eigenvalue weighted by Crippen LogP contribution is 2.30. The van der Waals surface area contributed by atoms with Gasteiger partial charge in [0, 0.05) is 19.6 Å². The van der Waals surface area contributed by atoms with Gasteiger partial charge in [-0.25, -0.2) is 9.69 Å². The molecule has 0 unspecified atom stereocenters. The van der Waals surface area contributed by atoms with E-state index in [0.717, 1.165) is 13.1 Å². The van der Waals surface area contributed by atoms with Crippen molar-refractivity contribution in [2.75, 3.05) is 31.7 Å². The zero-order valence-corrected chi connectivity index (χ0v) is 11.4. The molecule has 0 bridgehead atoms. The second-order valence-corrected chi connectivity index (χ2v) is 5.42. The van der Waals surface area contributed by atoms with Gasteiger partial charge < -0.3 is 10.2 Å². The van der Waals surface area contributed by atoms with Crippen molar-refractivity contribution in [3.63, 3.8) is 0 Å². The number of hydrogen-bond donors (Lipinski definition) is 1. The van der Waals surface area contributed by atoms with Crippen molar-refractivity contribution in [2.45, 2.75) is 19.4 Å². The number of hydrogen-bond acceptors (Lipinski definition) is 5.